The lowest BCUT2D eigenvalue weighted by atomic mass is 10.1. The summed E-state index contributed by atoms with van der Waals surface area (Å²) in [6.07, 6.45) is 1.77. The van der Waals surface area contributed by atoms with Gasteiger partial charge in [0.2, 0.25) is 5.82 Å². The number of hydrogen-bond donors (Lipinski definition) is 1. The third-order valence-corrected chi connectivity index (χ3v) is 6.59. The van der Waals surface area contributed by atoms with Crippen LogP contribution in [0, 0.1) is 5.82 Å². The molecule has 3 heterocycles. The van der Waals surface area contributed by atoms with Gasteiger partial charge in [-0.15, -0.1) is 0 Å². The van der Waals surface area contributed by atoms with Gasteiger partial charge in [0.05, 0.1) is 16.6 Å². The van der Waals surface area contributed by atoms with E-state index < -0.39 is 23.0 Å². The van der Waals surface area contributed by atoms with Gasteiger partial charge in [-0.2, -0.15) is 13.2 Å². The summed E-state index contributed by atoms with van der Waals surface area (Å²) >= 11 is 0. The van der Waals surface area contributed by atoms with Gasteiger partial charge in [0.25, 0.3) is 0 Å². The lowest BCUT2D eigenvalue weighted by Gasteiger charge is -2.18. The number of halogens is 4. The number of pyridine rings is 1. The molecule has 1 aliphatic rings. The van der Waals surface area contributed by atoms with Crippen LogP contribution < -0.4 is 5.32 Å². The fourth-order valence-electron chi connectivity index (χ4n) is 3.35. The van der Waals surface area contributed by atoms with E-state index >= 15 is 0 Å². The normalized spacial score (nSPS) is 16.1. The molecule has 2 unspecified atom stereocenters. The molecular formula is C25H29F4N5O2S. The summed E-state index contributed by atoms with van der Waals surface area (Å²) in [5.41, 5.74) is 1.97. The van der Waals surface area contributed by atoms with Crippen molar-refractivity contribution >= 4 is 17.3 Å². The molecular weight excluding hydrogens is 510 g/mol. The fourth-order valence-corrected chi connectivity index (χ4v) is 4.68. The van der Waals surface area contributed by atoms with Gasteiger partial charge in [0.1, 0.15) is 23.1 Å². The van der Waals surface area contributed by atoms with Crippen molar-refractivity contribution in [1.29, 1.82) is 0 Å². The average molecular weight is 540 g/mol. The summed E-state index contributed by atoms with van der Waals surface area (Å²) in [5, 5.41) is 2.98. The first-order valence-electron chi connectivity index (χ1n) is 11.6. The maximum absolute atomic E-state index is 12.7. The van der Waals surface area contributed by atoms with Gasteiger partial charge >= 0.3 is 6.18 Å². The first kappa shape index (κ1) is 30.1. The van der Waals surface area contributed by atoms with Crippen LogP contribution >= 0.6 is 0 Å². The highest BCUT2D eigenvalue weighted by atomic mass is 32.2. The number of carbonyl (C=O) groups excluding carboxylic acids is 1. The number of carbonyl (C=O) groups is 1. The first-order valence-corrected chi connectivity index (χ1v) is 12.7. The van der Waals surface area contributed by atoms with Crippen molar-refractivity contribution in [1.82, 2.24) is 24.6 Å². The number of nitrogens with one attached hydrogen (secondary N) is 1. The highest BCUT2D eigenvalue weighted by molar-refractivity contribution is 7.82. The molecule has 3 aromatic rings. The Morgan fingerprint density at radius 2 is 1.76 bits per heavy atom. The van der Waals surface area contributed by atoms with E-state index in [1.807, 2.05) is 19.9 Å². The van der Waals surface area contributed by atoms with Gasteiger partial charge in [-0.1, -0.05) is 13.8 Å². The third kappa shape index (κ3) is 8.76. The van der Waals surface area contributed by atoms with E-state index in [0.717, 1.165) is 37.1 Å². The number of alkyl halides is 3. The minimum atomic E-state index is -4.53. The molecule has 2 atom stereocenters. The standard InChI is InChI=1S/C12H11F3N4.C11H12FNO2S.C2H6/c1-16-5-8-2-3-17-10(4-8)9-6-18-11(19-7-9)12(13,14)15;12-9-3-5-11(6-4-9)16(15)13-7-1-2-10(13)8-14;1-2/h2-4,6-7,16H,5H2,1H3;3-6,8,10H,1-2,7H2;1-2H3. The molecule has 0 bridgehead atoms. The van der Waals surface area contributed by atoms with Crippen LogP contribution in [0.4, 0.5) is 17.6 Å². The summed E-state index contributed by atoms with van der Waals surface area (Å²) in [7, 11) is 0.445. The molecule has 200 valence electrons. The Bertz CT molecular complexity index is 1150. The van der Waals surface area contributed by atoms with E-state index in [1.165, 1.54) is 24.3 Å². The van der Waals surface area contributed by atoms with Gasteiger partial charge in [-0.05, 0) is 61.9 Å². The Hall–Kier alpha value is -3.09. The number of hydrogen-bond acceptors (Lipinski definition) is 6. The fraction of sp³-hybridized carbons (Fsp3) is 0.360. The maximum atomic E-state index is 12.7. The minimum absolute atomic E-state index is 0.272. The van der Waals surface area contributed by atoms with Crippen LogP contribution in [0.2, 0.25) is 0 Å². The second kappa shape index (κ2) is 14.6. The minimum Gasteiger partial charge on any atom is -0.316 e. The van der Waals surface area contributed by atoms with Crippen molar-refractivity contribution in [3.05, 3.63) is 72.2 Å². The summed E-state index contributed by atoms with van der Waals surface area (Å²) in [5.74, 6) is -1.50. The molecule has 1 aromatic carbocycles. The highest BCUT2D eigenvalue weighted by Gasteiger charge is 2.34. The molecule has 37 heavy (non-hydrogen) atoms. The lowest BCUT2D eigenvalue weighted by Crippen LogP contribution is -2.32. The highest BCUT2D eigenvalue weighted by Crippen LogP contribution is 2.26. The number of aromatic nitrogens is 3. The summed E-state index contributed by atoms with van der Waals surface area (Å²) < 4.78 is 63.5. The lowest BCUT2D eigenvalue weighted by molar-refractivity contribution is -0.145. The van der Waals surface area contributed by atoms with Crippen LogP contribution in [0.15, 0.2) is 59.9 Å². The molecule has 1 saturated heterocycles. The van der Waals surface area contributed by atoms with Crippen molar-refractivity contribution in [2.24, 2.45) is 0 Å². The van der Waals surface area contributed by atoms with Crippen molar-refractivity contribution < 1.29 is 26.6 Å². The zero-order chi connectivity index (χ0) is 27.4. The van der Waals surface area contributed by atoms with Gasteiger partial charge in [-0.3, -0.25) is 4.98 Å². The van der Waals surface area contributed by atoms with E-state index in [0.29, 0.717) is 29.2 Å². The van der Waals surface area contributed by atoms with E-state index in [1.54, 1.807) is 23.6 Å². The molecule has 0 amide bonds. The SMILES string of the molecule is CC.CNCc1ccnc(-c2cnc(C(F)(F)F)nc2)c1.O=CC1CCCN1S(=O)c1ccc(F)cc1. The molecule has 0 saturated carbocycles. The van der Waals surface area contributed by atoms with Crippen molar-refractivity contribution in [2.75, 3.05) is 13.6 Å². The van der Waals surface area contributed by atoms with Crippen LogP contribution in [0.25, 0.3) is 11.3 Å². The smallest absolute Gasteiger partial charge is 0.316 e. The van der Waals surface area contributed by atoms with E-state index in [-0.39, 0.29) is 11.9 Å². The second-order valence-corrected chi connectivity index (χ2v) is 9.00. The van der Waals surface area contributed by atoms with Crippen LogP contribution in [0.5, 0.6) is 0 Å². The predicted octanol–water partition coefficient (Wildman–Crippen LogP) is 4.81. The summed E-state index contributed by atoms with van der Waals surface area (Å²) in [4.78, 5) is 22.0. The quantitative estimate of drug-likeness (QED) is 0.357. The Labute approximate surface area is 216 Å². The first-order chi connectivity index (χ1) is 17.7. The Kier molecular flexibility index (Phi) is 11.9. The Morgan fingerprint density at radius 3 is 2.32 bits per heavy atom. The molecule has 1 N–H and O–H groups in total. The van der Waals surface area contributed by atoms with Crippen LogP contribution in [0.1, 0.15) is 38.1 Å². The maximum Gasteiger partial charge on any atom is 0.451 e. The zero-order valence-corrected chi connectivity index (χ0v) is 21.5. The second-order valence-electron chi connectivity index (χ2n) is 7.56. The zero-order valence-electron chi connectivity index (χ0n) is 20.7. The van der Waals surface area contributed by atoms with Gasteiger partial charge in [-0.25, -0.2) is 22.9 Å². The third-order valence-electron chi connectivity index (χ3n) is 5.04. The molecule has 7 nitrogen and oxygen atoms in total. The number of nitrogens with zero attached hydrogens (tertiary/aromatic N) is 4. The van der Waals surface area contributed by atoms with Crippen LogP contribution in [-0.2, 0) is 28.5 Å². The monoisotopic (exact) mass is 539 g/mol. The van der Waals surface area contributed by atoms with Crippen molar-refractivity contribution in [3.63, 3.8) is 0 Å². The molecule has 12 heteroatoms. The molecule has 4 rings (SSSR count). The van der Waals surface area contributed by atoms with Crippen molar-refractivity contribution in [2.45, 2.75) is 50.3 Å². The van der Waals surface area contributed by atoms with Gasteiger partial charge < -0.3 is 10.1 Å². The number of aldehydes is 1. The van der Waals surface area contributed by atoms with Crippen molar-refractivity contribution in [3.8, 4) is 11.3 Å². The van der Waals surface area contributed by atoms with E-state index in [9.17, 15) is 26.6 Å². The number of benzene rings is 1. The van der Waals surface area contributed by atoms with E-state index in [4.69, 9.17) is 0 Å². The molecule has 1 fully saturated rings. The Balaban J connectivity index is 0.000000247. The predicted molar refractivity (Wildman–Crippen MR) is 133 cm³/mol. The largest absolute Gasteiger partial charge is 0.451 e. The molecule has 0 radical (unpaired) electrons. The topological polar surface area (TPSA) is 88.1 Å². The molecule has 2 aromatic heterocycles. The average Bonchev–Trinajstić information content (AvgIpc) is 3.39. The van der Waals surface area contributed by atoms with Gasteiger partial charge in [0.15, 0.2) is 0 Å². The summed E-state index contributed by atoms with van der Waals surface area (Å²) in [6.45, 7) is 5.30. The molecule has 1 aliphatic heterocycles. The Morgan fingerprint density at radius 1 is 1.11 bits per heavy atom. The number of rotatable bonds is 6. The van der Waals surface area contributed by atoms with Crippen LogP contribution in [0.3, 0.4) is 0 Å². The molecule has 0 aliphatic carbocycles. The van der Waals surface area contributed by atoms with Crippen LogP contribution in [-0.4, -0.2) is 49.4 Å². The van der Waals surface area contributed by atoms with E-state index in [2.05, 4.69) is 20.3 Å². The van der Waals surface area contributed by atoms with Gasteiger partial charge in [0, 0.05) is 37.2 Å². The molecule has 0 spiro atoms. The summed E-state index contributed by atoms with van der Waals surface area (Å²) in [6, 6.07) is 8.87.